The first-order chi connectivity index (χ1) is 13.6. The number of ether oxygens (including phenoxy) is 2. The number of hydrogen-bond donors (Lipinski definition) is 1. The molecule has 0 unspecified atom stereocenters. The predicted octanol–water partition coefficient (Wildman–Crippen LogP) is 3.93. The minimum Gasteiger partial charge on any atom is -0.494 e. The monoisotopic (exact) mass is 382 g/mol. The van der Waals surface area contributed by atoms with Crippen molar-refractivity contribution in [1.29, 1.82) is 0 Å². The molecule has 1 N–H and O–H groups in total. The van der Waals surface area contributed by atoms with Crippen molar-refractivity contribution in [1.82, 2.24) is 0 Å². The Morgan fingerprint density at radius 1 is 1.21 bits per heavy atom. The molecule has 6 nitrogen and oxygen atoms in total. The van der Waals surface area contributed by atoms with Crippen LogP contribution in [0.4, 0.5) is 11.4 Å². The standard InChI is InChI=1S/C22H26N2O4/c1-3-5-21(25)23-17-8-11-19-20(14-17)28-15-22(26)24(19)12-4-13-27-18-9-6-16(2)7-10-18/h6-11,14H,3-5,12-13,15H2,1-2H3,(H,23,25). The van der Waals surface area contributed by atoms with Gasteiger partial charge in [-0.25, -0.2) is 0 Å². The molecule has 0 bridgehead atoms. The van der Waals surface area contributed by atoms with Crippen molar-refractivity contribution in [3.63, 3.8) is 0 Å². The lowest BCUT2D eigenvalue weighted by Crippen LogP contribution is -2.39. The van der Waals surface area contributed by atoms with Crippen molar-refractivity contribution >= 4 is 23.2 Å². The predicted molar refractivity (Wildman–Crippen MR) is 109 cm³/mol. The summed E-state index contributed by atoms with van der Waals surface area (Å²) < 4.78 is 11.3. The van der Waals surface area contributed by atoms with Crippen LogP contribution in [0.15, 0.2) is 42.5 Å². The number of benzene rings is 2. The fourth-order valence-electron chi connectivity index (χ4n) is 3.03. The summed E-state index contributed by atoms with van der Waals surface area (Å²) in [6.07, 6.45) is 1.97. The molecule has 3 rings (SSSR count). The Morgan fingerprint density at radius 2 is 2.00 bits per heavy atom. The average molecular weight is 382 g/mol. The van der Waals surface area contributed by atoms with Crippen molar-refractivity contribution in [2.45, 2.75) is 33.1 Å². The summed E-state index contributed by atoms with van der Waals surface area (Å²) in [5.41, 5.74) is 2.59. The summed E-state index contributed by atoms with van der Waals surface area (Å²) in [6.45, 7) is 5.06. The second kappa shape index (κ2) is 9.26. The van der Waals surface area contributed by atoms with E-state index in [1.54, 1.807) is 17.0 Å². The Labute approximate surface area is 165 Å². The molecule has 28 heavy (non-hydrogen) atoms. The van der Waals surface area contributed by atoms with Crippen LogP contribution in [-0.4, -0.2) is 31.6 Å². The third kappa shape index (κ3) is 5.03. The van der Waals surface area contributed by atoms with Gasteiger partial charge in [-0.2, -0.15) is 0 Å². The van der Waals surface area contributed by atoms with E-state index in [1.165, 1.54) is 5.56 Å². The molecule has 2 aromatic rings. The van der Waals surface area contributed by atoms with E-state index in [4.69, 9.17) is 9.47 Å². The van der Waals surface area contributed by atoms with Crippen molar-refractivity contribution in [3.05, 3.63) is 48.0 Å². The Morgan fingerprint density at radius 3 is 2.75 bits per heavy atom. The highest BCUT2D eigenvalue weighted by Crippen LogP contribution is 2.34. The van der Waals surface area contributed by atoms with Crippen LogP contribution in [0.2, 0.25) is 0 Å². The van der Waals surface area contributed by atoms with E-state index in [2.05, 4.69) is 5.32 Å². The molecule has 0 fully saturated rings. The molecule has 2 aromatic carbocycles. The Balaban J connectivity index is 1.58. The van der Waals surface area contributed by atoms with Crippen LogP contribution in [0.5, 0.6) is 11.5 Å². The second-order valence-corrected chi connectivity index (χ2v) is 6.83. The summed E-state index contributed by atoms with van der Waals surface area (Å²) in [5.74, 6) is 1.32. The molecule has 0 aromatic heterocycles. The number of carbonyl (C=O) groups is 2. The molecule has 0 spiro atoms. The maximum Gasteiger partial charge on any atom is 0.265 e. The first-order valence-corrected chi connectivity index (χ1v) is 9.63. The van der Waals surface area contributed by atoms with Gasteiger partial charge in [-0.05, 0) is 44.0 Å². The summed E-state index contributed by atoms with van der Waals surface area (Å²) in [7, 11) is 0. The summed E-state index contributed by atoms with van der Waals surface area (Å²) in [6, 6.07) is 13.3. The number of aryl methyl sites for hydroxylation is 1. The lowest BCUT2D eigenvalue weighted by atomic mass is 10.2. The first kappa shape index (κ1) is 19.7. The van der Waals surface area contributed by atoms with E-state index in [9.17, 15) is 9.59 Å². The maximum atomic E-state index is 12.3. The normalized spacial score (nSPS) is 12.9. The molecule has 6 heteroatoms. The fourth-order valence-corrected chi connectivity index (χ4v) is 3.03. The van der Waals surface area contributed by atoms with E-state index in [1.807, 2.05) is 44.2 Å². The van der Waals surface area contributed by atoms with E-state index < -0.39 is 0 Å². The minimum atomic E-state index is -0.0781. The Kier molecular flexibility index (Phi) is 6.53. The third-order valence-electron chi connectivity index (χ3n) is 4.48. The molecule has 0 saturated carbocycles. The topological polar surface area (TPSA) is 67.9 Å². The fraction of sp³-hybridized carbons (Fsp3) is 0.364. The number of amides is 2. The van der Waals surface area contributed by atoms with Gasteiger partial charge in [-0.3, -0.25) is 9.59 Å². The number of nitrogens with zero attached hydrogens (tertiary/aromatic N) is 1. The van der Waals surface area contributed by atoms with Crippen LogP contribution in [0.3, 0.4) is 0 Å². The lowest BCUT2D eigenvalue weighted by molar-refractivity contribution is -0.121. The van der Waals surface area contributed by atoms with E-state index >= 15 is 0 Å². The van der Waals surface area contributed by atoms with Crippen molar-refractivity contribution in [2.75, 3.05) is 30.0 Å². The highest BCUT2D eigenvalue weighted by Gasteiger charge is 2.25. The van der Waals surface area contributed by atoms with E-state index in [0.29, 0.717) is 37.4 Å². The van der Waals surface area contributed by atoms with Gasteiger partial charge < -0.3 is 19.7 Å². The zero-order chi connectivity index (χ0) is 19.9. The number of nitrogens with one attached hydrogen (secondary N) is 1. The molecular weight excluding hydrogens is 356 g/mol. The van der Waals surface area contributed by atoms with Gasteiger partial charge in [0, 0.05) is 24.7 Å². The number of hydrogen-bond acceptors (Lipinski definition) is 4. The van der Waals surface area contributed by atoms with Gasteiger partial charge in [-0.15, -0.1) is 0 Å². The summed E-state index contributed by atoms with van der Waals surface area (Å²) in [4.78, 5) is 25.8. The van der Waals surface area contributed by atoms with Crippen molar-refractivity contribution in [2.24, 2.45) is 0 Å². The summed E-state index contributed by atoms with van der Waals surface area (Å²) in [5, 5.41) is 2.85. The van der Waals surface area contributed by atoms with Crippen LogP contribution in [0.25, 0.3) is 0 Å². The molecule has 148 valence electrons. The van der Waals surface area contributed by atoms with Crippen LogP contribution >= 0.6 is 0 Å². The molecule has 0 saturated heterocycles. The third-order valence-corrected chi connectivity index (χ3v) is 4.48. The van der Waals surface area contributed by atoms with Gasteiger partial charge in [0.05, 0.1) is 12.3 Å². The SMILES string of the molecule is CCCC(=O)Nc1ccc2c(c1)OCC(=O)N2CCCOc1ccc(C)cc1. The molecule has 2 amide bonds. The van der Waals surface area contributed by atoms with Crippen LogP contribution in [-0.2, 0) is 9.59 Å². The average Bonchev–Trinajstić information content (AvgIpc) is 2.68. The van der Waals surface area contributed by atoms with Gasteiger partial charge in [0.15, 0.2) is 6.61 Å². The quantitative estimate of drug-likeness (QED) is 0.703. The van der Waals surface area contributed by atoms with E-state index in [-0.39, 0.29) is 18.4 Å². The highest BCUT2D eigenvalue weighted by molar-refractivity contribution is 5.99. The largest absolute Gasteiger partial charge is 0.494 e. The van der Waals surface area contributed by atoms with Crippen LogP contribution in [0, 0.1) is 6.92 Å². The van der Waals surface area contributed by atoms with Crippen LogP contribution < -0.4 is 19.7 Å². The zero-order valence-corrected chi connectivity index (χ0v) is 16.4. The Hall–Kier alpha value is -3.02. The molecular formula is C22H26N2O4. The number of anilines is 2. The van der Waals surface area contributed by atoms with Crippen LogP contribution in [0.1, 0.15) is 31.7 Å². The van der Waals surface area contributed by atoms with Crippen molar-refractivity contribution in [3.8, 4) is 11.5 Å². The number of carbonyl (C=O) groups excluding carboxylic acids is 2. The van der Waals surface area contributed by atoms with Gasteiger partial charge in [0.1, 0.15) is 11.5 Å². The zero-order valence-electron chi connectivity index (χ0n) is 16.4. The second-order valence-electron chi connectivity index (χ2n) is 6.83. The van der Waals surface area contributed by atoms with Gasteiger partial charge >= 0.3 is 0 Å². The van der Waals surface area contributed by atoms with E-state index in [0.717, 1.165) is 17.9 Å². The molecule has 1 aliphatic heterocycles. The molecule has 1 heterocycles. The molecule has 0 radical (unpaired) electrons. The summed E-state index contributed by atoms with van der Waals surface area (Å²) >= 11 is 0. The molecule has 0 aliphatic carbocycles. The Bertz CT molecular complexity index is 833. The molecule has 0 atom stereocenters. The smallest absolute Gasteiger partial charge is 0.265 e. The van der Waals surface area contributed by atoms with Crippen molar-refractivity contribution < 1.29 is 19.1 Å². The molecule has 1 aliphatic rings. The van der Waals surface area contributed by atoms with Gasteiger partial charge in [0.2, 0.25) is 5.91 Å². The van der Waals surface area contributed by atoms with Gasteiger partial charge in [0.25, 0.3) is 5.91 Å². The van der Waals surface area contributed by atoms with Gasteiger partial charge in [-0.1, -0.05) is 24.6 Å². The highest BCUT2D eigenvalue weighted by atomic mass is 16.5. The number of fused-ring (bicyclic) bond motifs is 1. The first-order valence-electron chi connectivity index (χ1n) is 9.63. The lowest BCUT2D eigenvalue weighted by Gasteiger charge is -2.29. The minimum absolute atomic E-state index is 0.00181. The maximum absolute atomic E-state index is 12.3. The number of rotatable bonds is 8.